The van der Waals surface area contributed by atoms with Gasteiger partial charge in [-0.3, -0.25) is 0 Å². The number of hydrogen-bond acceptors (Lipinski definition) is 3. The van der Waals surface area contributed by atoms with E-state index >= 15 is 0 Å². The van der Waals surface area contributed by atoms with Crippen LogP contribution in [0.15, 0.2) is 53.5 Å². The molecule has 0 aromatic heterocycles. The number of benzene rings is 2. The van der Waals surface area contributed by atoms with E-state index in [4.69, 9.17) is 5.26 Å². The highest BCUT2D eigenvalue weighted by atomic mass is 16.1. The molecule has 0 aliphatic heterocycles. The molecule has 0 saturated carbocycles. The smallest absolute Gasteiger partial charge is 0.211 e. The van der Waals surface area contributed by atoms with Crippen molar-refractivity contribution in [2.24, 2.45) is 4.99 Å². The van der Waals surface area contributed by atoms with E-state index in [9.17, 15) is 4.79 Å². The van der Waals surface area contributed by atoms with Crippen LogP contribution in [0, 0.1) is 11.3 Å². The van der Waals surface area contributed by atoms with Crippen LogP contribution in [0.25, 0.3) is 11.1 Å². The minimum Gasteiger partial charge on any atom is -0.211 e. The van der Waals surface area contributed by atoms with E-state index in [2.05, 4.69) is 11.1 Å². The second-order valence-corrected chi connectivity index (χ2v) is 3.44. The van der Waals surface area contributed by atoms with Gasteiger partial charge in [0.1, 0.15) is 0 Å². The largest absolute Gasteiger partial charge is 0.240 e. The van der Waals surface area contributed by atoms with Gasteiger partial charge in [0.2, 0.25) is 6.08 Å². The third-order valence-corrected chi connectivity index (χ3v) is 2.39. The number of aliphatic imine (C=N–C) groups is 1. The topological polar surface area (TPSA) is 53.2 Å². The molecule has 2 aromatic rings. The van der Waals surface area contributed by atoms with Crippen LogP contribution < -0.4 is 0 Å². The molecule has 0 spiro atoms. The van der Waals surface area contributed by atoms with Gasteiger partial charge in [0.05, 0.1) is 17.3 Å². The summed E-state index contributed by atoms with van der Waals surface area (Å²) < 4.78 is 0. The highest BCUT2D eigenvalue weighted by molar-refractivity contribution is 5.66. The van der Waals surface area contributed by atoms with Crippen molar-refractivity contribution < 1.29 is 4.79 Å². The maximum Gasteiger partial charge on any atom is 0.240 e. The zero-order chi connectivity index (χ0) is 12.1. The summed E-state index contributed by atoms with van der Waals surface area (Å²) in [4.78, 5) is 13.6. The number of carbonyl (C=O) groups excluding carboxylic acids is 1. The van der Waals surface area contributed by atoms with Crippen LogP contribution >= 0.6 is 0 Å². The fourth-order valence-electron chi connectivity index (χ4n) is 1.52. The Kier molecular flexibility index (Phi) is 3.11. The fourth-order valence-corrected chi connectivity index (χ4v) is 1.52. The van der Waals surface area contributed by atoms with Crippen molar-refractivity contribution in [1.82, 2.24) is 0 Å². The van der Waals surface area contributed by atoms with Crippen LogP contribution in [-0.2, 0) is 4.79 Å². The quantitative estimate of drug-likeness (QED) is 0.576. The Balaban J connectivity index is 2.33. The van der Waals surface area contributed by atoms with Crippen LogP contribution in [0.5, 0.6) is 0 Å². The molecule has 0 heterocycles. The zero-order valence-corrected chi connectivity index (χ0v) is 8.92. The van der Waals surface area contributed by atoms with Crippen molar-refractivity contribution >= 4 is 11.8 Å². The van der Waals surface area contributed by atoms with Gasteiger partial charge in [0.15, 0.2) is 0 Å². The molecule has 2 aromatic carbocycles. The van der Waals surface area contributed by atoms with E-state index in [1.807, 2.05) is 24.3 Å². The summed E-state index contributed by atoms with van der Waals surface area (Å²) in [7, 11) is 0. The van der Waals surface area contributed by atoms with Crippen molar-refractivity contribution in [1.29, 1.82) is 5.26 Å². The first kappa shape index (κ1) is 10.8. The molecule has 0 N–H and O–H groups in total. The first-order chi connectivity index (χ1) is 8.33. The fraction of sp³-hybridized carbons (Fsp3) is 0. The molecule has 0 atom stereocenters. The molecule has 0 saturated heterocycles. The third-order valence-electron chi connectivity index (χ3n) is 2.39. The Hall–Kier alpha value is -2.69. The zero-order valence-electron chi connectivity index (χ0n) is 8.92. The number of hydrogen-bond donors (Lipinski definition) is 0. The maximum atomic E-state index is 10.1. The highest BCUT2D eigenvalue weighted by Gasteiger charge is 1.98. The van der Waals surface area contributed by atoms with Crippen molar-refractivity contribution in [3.63, 3.8) is 0 Å². The first-order valence-corrected chi connectivity index (χ1v) is 5.02. The van der Waals surface area contributed by atoms with Gasteiger partial charge in [0.25, 0.3) is 0 Å². The van der Waals surface area contributed by atoms with Gasteiger partial charge in [-0.05, 0) is 35.4 Å². The van der Waals surface area contributed by atoms with E-state index in [-0.39, 0.29) is 0 Å². The minimum atomic E-state index is 0.581. The Morgan fingerprint density at radius 1 is 0.882 bits per heavy atom. The summed E-state index contributed by atoms with van der Waals surface area (Å²) in [6.45, 7) is 0. The maximum absolute atomic E-state index is 10.1. The van der Waals surface area contributed by atoms with Gasteiger partial charge in [-0.1, -0.05) is 24.3 Å². The summed E-state index contributed by atoms with van der Waals surface area (Å²) in [5.41, 5.74) is 3.25. The Bertz CT molecular complexity index is 600. The summed E-state index contributed by atoms with van der Waals surface area (Å²) in [5.74, 6) is 0. The number of isocyanates is 1. The summed E-state index contributed by atoms with van der Waals surface area (Å²) in [6.07, 6.45) is 1.50. The second kappa shape index (κ2) is 4.89. The normalized spacial score (nSPS) is 9.12. The SMILES string of the molecule is N#Cc1ccc(-c2ccc(N=C=O)cc2)cc1. The van der Waals surface area contributed by atoms with Crippen LogP contribution in [-0.4, -0.2) is 6.08 Å². The highest BCUT2D eigenvalue weighted by Crippen LogP contribution is 2.22. The summed E-state index contributed by atoms with van der Waals surface area (Å²) in [6, 6.07) is 16.6. The first-order valence-electron chi connectivity index (χ1n) is 5.02. The van der Waals surface area contributed by atoms with Crippen molar-refractivity contribution in [3.8, 4) is 17.2 Å². The van der Waals surface area contributed by atoms with Crippen LogP contribution in [0.2, 0.25) is 0 Å². The summed E-state index contributed by atoms with van der Waals surface area (Å²) >= 11 is 0. The van der Waals surface area contributed by atoms with Crippen LogP contribution in [0.3, 0.4) is 0 Å². The lowest BCUT2D eigenvalue weighted by Crippen LogP contribution is -1.78. The van der Waals surface area contributed by atoms with Gasteiger partial charge in [-0.25, -0.2) is 4.79 Å². The Morgan fingerprint density at radius 3 is 1.88 bits per heavy atom. The van der Waals surface area contributed by atoms with Crippen molar-refractivity contribution in [2.75, 3.05) is 0 Å². The molecule has 0 bridgehead atoms. The second-order valence-electron chi connectivity index (χ2n) is 3.44. The van der Waals surface area contributed by atoms with E-state index < -0.39 is 0 Å². The van der Waals surface area contributed by atoms with Gasteiger partial charge < -0.3 is 0 Å². The molecule has 0 aliphatic rings. The van der Waals surface area contributed by atoms with E-state index in [0.717, 1.165) is 11.1 Å². The predicted octanol–water partition coefficient (Wildman–Crippen LogP) is 3.19. The minimum absolute atomic E-state index is 0.581. The standard InChI is InChI=1S/C14H8N2O/c15-9-11-1-3-12(4-2-11)13-5-7-14(8-6-13)16-10-17/h1-8H. The molecule has 0 amide bonds. The van der Waals surface area contributed by atoms with E-state index in [1.165, 1.54) is 6.08 Å². The molecule has 80 valence electrons. The van der Waals surface area contributed by atoms with Crippen molar-refractivity contribution in [3.05, 3.63) is 54.1 Å². The average molecular weight is 220 g/mol. The van der Waals surface area contributed by atoms with Gasteiger partial charge in [-0.15, -0.1) is 0 Å². The third kappa shape index (κ3) is 2.46. The van der Waals surface area contributed by atoms with Crippen LogP contribution in [0.1, 0.15) is 5.56 Å². The molecule has 2 rings (SSSR count). The van der Waals surface area contributed by atoms with Gasteiger partial charge in [0, 0.05) is 0 Å². The molecule has 17 heavy (non-hydrogen) atoms. The van der Waals surface area contributed by atoms with Gasteiger partial charge in [-0.2, -0.15) is 10.3 Å². The number of nitriles is 1. The van der Waals surface area contributed by atoms with Crippen molar-refractivity contribution in [2.45, 2.75) is 0 Å². The lowest BCUT2D eigenvalue weighted by Gasteiger charge is -2.01. The van der Waals surface area contributed by atoms with E-state index in [1.54, 1.807) is 24.3 Å². The van der Waals surface area contributed by atoms with E-state index in [0.29, 0.717) is 11.3 Å². The lowest BCUT2D eigenvalue weighted by molar-refractivity contribution is 0.565. The molecule has 3 nitrogen and oxygen atoms in total. The van der Waals surface area contributed by atoms with Gasteiger partial charge >= 0.3 is 0 Å². The number of nitrogens with zero attached hydrogens (tertiary/aromatic N) is 2. The molecule has 3 heteroatoms. The lowest BCUT2D eigenvalue weighted by atomic mass is 10.0. The molecule has 0 unspecified atom stereocenters. The monoisotopic (exact) mass is 220 g/mol. The van der Waals surface area contributed by atoms with Crippen LogP contribution in [0.4, 0.5) is 5.69 Å². The predicted molar refractivity (Wildman–Crippen MR) is 64.4 cm³/mol. The molecule has 0 radical (unpaired) electrons. The molecular formula is C14H8N2O. The molecule has 0 fully saturated rings. The molecule has 0 aliphatic carbocycles. The number of rotatable bonds is 2. The average Bonchev–Trinajstić information content (AvgIpc) is 2.40. The summed E-state index contributed by atoms with van der Waals surface area (Å²) in [5, 5.41) is 8.70. The molecular weight excluding hydrogens is 212 g/mol. The Labute approximate surface area is 98.7 Å². The Morgan fingerprint density at radius 2 is 1.41 bits per heavy atom.